The first kappa shape index (κ1) is 30.5. The first-order chi connectivity index (χ1) is 21.4. The third kappa shape index (κ3) is 7.72. The third-order valence-corrected chi connectivity index (χ3v) is 8.28. The van der Waals surface area contributed by atoms with Crippen LogP contribution >= 0.6 is 0 Å². The molecule has 1 fully saturated rings. The standard InChI is InChI=1S/C37H38N2O5/c40-34(29-13-5-2-6-14-29)31-15-7-8-16-32(31)39-33(35(41)42)25-27-17-19-30(20-18-27)44-24-23-38-36(43)37(21-9-10-22-37)26-28-11-3-1-4-12-28/h1-8,11-20,33,39H,9-10,21-26H2,(H,38,43)(H,41,42). The van der Waals surface area contributed by atoms with E-state index in [2.05, 4.69) is 22.8 Å². The van der Waals surface area contributed by atoms with Gasteiger partial charge in [-0.3, -0.25) is 9.59 Å². The number of carboxylic acid groups (broad SMARTS) is 1. The summed E-state index contributed by atoms with van der Waals surface area (Å²) in [5, 5.41) is 16.1. The molecule has 1 amide bonds. The van der Waals surface area contributed by atoms with Gasteiger partial charge in [0.15, 0.2) is 5.78 Å². The average Bonchev–Trinajstić information content (AvgIpc) is 3.54. The Balaban J connectivity index is 1.14. The number of carboxylic acids is 1. The van der Waals surface area contributed by atoms with Crippen molar-refractivity contribution in [1.82, 2.24) is 5.32 Å². The summed E-state index contributed by atoms with van der Waals surface area (Å²) >= 11 is 0. The van der Waals surface area contributed by atoms with Gasteiger partial charge in [0.2, 0.25) is 5.91 Å². The summed E-state index contributed by atoms with van der Waals surface area (Å²) in [6, 6.07) is 32.4. The third-order valence-electron chi connectivity index (χ3n) is 8.28. The minimum Gasteiger partial charge on any atom is -0.492 e. The van der Waals surface area contributed by atoms with Crippen LogP contribution in [0.15, 0.2) is 109 Å². The Bertz CT molecular complexity index is 1550. The lowest BCUT2D eigenvalue weighted by molar-refractivity contribution is -0.138. The largest absolute Gasteiger partial charge is 0.492 e. The van der Waals surface area contributed by atoms with E-state index in [-0.39, 0.29) is 23.5 Å². The molecule has 44 heavy (non-hydrogen) atoms. The van der Waals surface area contributed by atoms with E-state index in [0.717, 1.165) is 37.7 Å². The smallest absolute Gasteiger partial charge is 0.326 e. The van der Waals surface area contributed by atoms with E-state index in [1.807, 2.05) is 36.4 Å². The molecule has 0 heterocycles. The molecule has 0 spiro atoms. The van der Waals surface area contributed by atoms with Crippen LogP contribution in [0.2, 0.25) is 0 Å². The molecular weight excluding hydrogens is 552 g/mol. The Labute approximate surface area is 258 Å². The van der Waals surface area contributed by atoms with Crippen molar-refractivity contribution in [1.29, 1.82) is 0 Å². The Morgan fingerprint density at radius 2 is 1.41 bits per heavy atom. The summed E-state index contributed by atoms with van der Waals surface area (Å²) in [6.45, 7) is 0.737. The van der Waals surface area contributed by atoms with Crippen molar-refractivity contribution in [2.45, 2.75) is 44.6 Å². The molecule has 0 aliphatic heterocycles. The number of nitrogens with one attached hydrogen (secondary N) is 2. The Hall–Kier alpha value is -4.91. The lowest BCUT2D eigenvalue weighted by Crippen LogP contribution is -2.42. The van der Waals surface area contributed by atoms with Gasteiger partial charge in [-0.2, -0.15) is 0 Å². The number of aliphatic carboxylic acids is 1. The first-order valence-electron chi connectivity index (χ1n) is 15.2. The molecule has 3 N–H and O–H groups in total. The van der Waals surface area contributed by atoms with Crippen LogP contribution in [0, 0.1) is 5.41 Å². The molecule has 0 radical (unpaired) electrons. The van der Waals surface area contributed by atoms with Crippen molar-refractivity contribution >= 4 is 23.3 Å². The zero-order valence-electron chi connectivity index (χ0n) is 24.7. The molecule has 5 rings (SSSR count). The van der Waals surface area contributed by atoms with Crippen LogP contribution in [0.25, 0.3) is 0 Å². The number of ether oxygens (including phenoxy) is 1. The normalized spacial score (nSPS) is 14.4. The highest BCUT2D eigenvalue weighted by Crippen LogP contribution is 2.41. The fourth-order valence-electron chi connectivity index (χ4n) is 5.94. The summed E-state index contributed by atoms with van der Waals surface area (Å²) < 4.78 is 5.87. The van der Waals surface area contributed by atoms with Crippen LogP contribution in [0.5, 0.6) is 5.75 Å². The molecule has 1 atom stereocenters. The van der Waals surface area contributed by atoms with Gasteiger partial charge in [0.25, 0.3) is 0 Å². The number of hydrogen-bond acceptors (Lipinski definition) is 5. The molecule has 4 aromatic carbocycles. The van der Waals surface area contributed by atoms with Crippen molar-refractivity contribution in [2.75, 3.05) is 18.5 Å². The molecule has 0 bridgehead atoms. The summed E-state index contributed by atoms with van der Waals surface area (Å²) in [7, 11) is 0. The van der Waals surface area contributed by atoms with Gasteiger partial charge in [-0.25, -0.2) is 4.79 Å². The van der Waals surface area contributed by atoms with Crippen molar-refractivity contribution in [3.05, 3.63) is 131 Å². The summed E-state index contributed by atoms with van der Waals surface area (Å²) in [4.78, 5) is 38.5. The topological polar surface area (TPSA) is 105 Å². The minimum absolute atomic E-state index is 0.0945. The molecule has 4 aromatic rings. The van der Waals surface area contributed by atoms with Gasteiger partial charge < -0.3 is 20.5 Å². The minimum atomic E-state index is -1.02. The van der Waals surface area contributed by atoms with E-state index in [4.69, 9.17) is 4.74 Å². The second-order valence-corrected chi connectivity index (χ2v) is 11.4. The molecule has 1 aliphatic carbocycles. The number of anilines is 1. The SMILES string of the molecule is O=C(c1ccccc1)c1ccccc1NC(Cc1ccc(OCCNC(=O)C2(Cc3ccccc3)CCCC2)cc1)C(=O)O. The van der Waals surface area contributed by atoms with Crippen molar-refractivity contribution in [3.63, 3.8) is 0 Å². The van der Waals surface area contributed by atoms with E-state index in [9.17, 15) is 19.5 Å². The fraction of sp³-hybridized carbons (Fsp3) is 0.270. The monoisotopic (exact) mass is 590 g/mol. The summed E-state index contributed by atoms with van der Waals surface area (Å²) in [5.74, 6) is -0.459. The maximum Gasteiger partial charge on any atom is 0.326 e. The van der Waals surface area contributed by atoms with Crippen molar-refractivity contribution < 1.29 is 24.2 Å². The van der Waals surface area contributed by atoms with Crippen molar-refractivity contribution in [2.24, 2.45) is 5.41 Å². The fourth-order valence-corrected chi connectivity index (χ4v) is 5.94. The molecule has 7 heteroatoms. The van der Waals surface area contributed by atoms with E-state index >= 15 is 0 Å². The lowest BCUT2D eigenvalue weighted by Gasteiger charge is -2.28. The lowest BCUT2D eigenvalue weighted by atomic mass is 9.79. The van der Waals surface area contributed by atoms with Crippen LogP contribution in [-0.2, 0) is 22.4 Å². The van der Waals surface area contributed by atoms with E-state index < -0.39 is 12.0 Å². The van der Waals surface area contributed by atoms with Crippen LogP contribution in [0.3, 0.4) is 0 Å². The number of para-hydroxylation sites is 1. The number of ketones is 1. The predicted octanol–water partition coefficient (Wildman–Crippen LogP) is 6.32. The number of benzene rings is 4. The molecule has 1 unspecified atom stereocenters. The molecule has 1 saturated carbocycles. The van der Waals surface area contributed by atoms with E-state index in [0.29, 0.717) is 35.7 Å². The highest BCUT2D eigenvalue weighted by Gasteiger charge is 2.40. The van der Waals surface area contributed by atoms with E-state index in [1.54, 1.807) is 60.7 Å². The van der Waals surface area contributed by atoms with Gasteiger partial charge in [-0.15, -0.1) is 0 Å². The molecule has 0 aromatic heterocycles. The molecule has 1 aliphatic rings. The Morgan fingerprint density at radius 3 is 2.09 bits per heavy atom. The molecule has 7 nitrogen and oxygen atoms in total. The average molecular weight is 591 g/mol. The van der Waals surface area contributed by atoms with Crippen LogP contribution < -0.4 is 15.4 Å². The van der Waals surface area contributed by atoms with Gasteiger partial charge in [-0.1, -0.05) is 97.8 Å². The molecule has 226 valence electrons. The number of rotatable bonds is 14. The second kappa shape index (κ2) is 14.5. The zero-order chi connectivity index (χ0) is 30.8. The van der Waals surface area contributed by atoms with Gasteiger partial charge >= 0.3 is 5.97 Å². The number of hydrogen-bond donors (Lipinski definition) is 3. The number of carbonyl (C=O) groups excluding carboxylic acids is 2. The quantitative estimate of drug-likeness (QED) is 0.117. The number of carbonyl (C=O) groups is 3. The zero-order valence-corrected chi connectivity index (χ0v) is 24.7. The maximum atomic E-state index is 13.2. The van der Waals surface area contributed by atoms with Crippen LogP contribution in [0.4, 0.5) is 5.69 Å². The van der Waals surface area contributed by atoms with Gasteiger partial charge in [0.05, 0.1) is 12.0 Å². The summed E-state index contributed by atoms with van der Waals surface area (Å²) in [6.07, 6.45) is 4.90. The van der Waals surface area contributed by atoms with E-state index in [1.165, 1.54) is 5.56 Å². The Morgan fingerprint density at radius 1 is 0.773 bits per heavy atom. The highest BCUT2D eigenvalue weighted by molar-refractivity contribution is 6.12. The van der Waals surface area contributed by atoms with Crippen LogP contribution in [-0.4, -0.2) is 42.0 Å². The molecule has 0 saturated heterocycles. The van der Waals surface area contributed by atoms with Crippen LogP contribution in [0.1, 0.15) is 52.7 Å². The predicted molar refractivity (Wildman–Crippen MR) is 171 cm³/mol. The second-order valence-electron chi connectivity index (χ2n) is 11.4. The van der Waals surface area contributed by atoms with Gasteiger partial charge in [-0.05, 0) is 54.7 Å². The molecular formula is C37H38N2O5. The Kier molecular flexibility index (Phi) is 10.1. The maximum absolute atomic E-state index is 13.2. The summed E-state index contributed by atoms with van der Waals surface area (Å²) in [5.41, 5.74) is 3.06. The van der Waals surface area contributed by atoms with Gasteiger partial charge in [0.1, 0.15) is 18.4 Å². The van der Waals surface area contributed by atoms with Gasteiger partial charge in [0, 0.05) is 23.2 Å². The highest BCUT2D eigenvalue weighted by atomic mass is 16.5. The number of amides is 1. The van der Waals surface area contributed by atoms with Crippen molar-refractivity contribution in [3.8, 4) is 5.75 Å². The first-order valence-corrected chi connectivity index (χ1v) is 15.2.